The predicted octanol–water partition coefficient (Wildman–Crippen LogP) is 2.47. The van der Waals surface area contributed by atoms with Gasteiger partial charge >= 0.3 is 0 Å². The zero-order valence-corrected chi connectivity index (χ0v) is 9.32. The Morgan fingerprint density at radius 3 is 2.62 bits per heavy atom. The molecular formula is C9H13ClO2S. The standard InChI is InChI=1S/C9H13ClO2S/c1-3-7-4-5-9(8(10)6-7)13(2,11)12/h4-5,7H,3,6H2,1-2H3. The first-order valence-corrected chi connectivity index (χ1v) is 6.49. The average molecular weight is 221 g/mol. The van der Waals surface area contributed by atoms with Crippen LogP contribution in [0.15, 0.2) is 22.1 Å². The van der Waals surface area contributed by atoms with Crippen molar-refractivity contribution in [2.75, 3.05) is 6.26 Å². The van der Waals surface area contributed by atoms with E-state index in [9.17, 15) is 8.42 Å². The van der Waals surface area contributed by atoms with Gasteiger partial charge in [0.2, 0.25) is 0 Å². The van der Waals surface area contributed by atoms with Gasteiger partial charge in [0.15, 0.2) is 9.84 Å². The van der Waals surface area contributed by atoms with Crippen LogP contribution in [0.4, 0.5) is 0 Å². The fourth-order valence-corrected chi connectivity index (χ4v) is 2.81. The van der Waals surface area contributed by atoms with Crippen LogP contribution in [0.25, 0.3) is 0 Å². The molecule has 0 aromatic carbocycles. The molecule has 1 atom stereocenters. The van der Waals surface area contributed by atoms with Crippen molar-refractivity contribution in [1.29, 1.82) is 0 Å². The summed E-state index contributed by atoms with van der Waals surface area (Å²) in [5.41, 5.74) is 0. The minimum absolute atomic E-state index is 0.277. The molecule has 0 aromatic rings. The Kier molecular flexibility index (Phi) is 3.19. The highest BCUT2D eigenvalue weighted by Gasteiger charge is 2.19. The SMILES string of the molecule is CCC1C=CC(S(C)(=O)=O)=C(Cl)C1. The number of hydrogen-bond donors (Lipinski definition) is 0. The van der Waals surface area contributed by atoms with Crippen LogP contribution in [0, 0.1) is 5.92 Å². The van der Waals surface area contributed by atoms with Gasteiger partial charge in [0.05, 0.1) is 4.91 Å². The van der Waals surface area contributed by atoms with E-state index in [0.29, 0.717) is 17.4 Å². The highest BCUT2D eigenvalue weighted by atomic mass is 35.5. The zero-order chi connectivity index (χ0) is 10.1. The molecule has 4 heteroatoms. The molecule has 0 aliphatic heterocycles. The van der Waals surface area contributed by atoms with Crippen LogP contribution in [-0.4, -0.2) is 14.7 Å². The van der Waals surface area contributed by atoms with Gasteiger partial charge in [-0.25, -0.2) is 8.42 Å². The van der Waals surface area contributed by atoms with Crippen LogP contribution < -0.4 is 0 Å². The van der Waals surface area contributed by atoms with E-state index in [2.05, 4.69) is 6.92 Å². The molecule has 1 rings (SSSR count). The van der Waals surface area contributed by atoms with Gasteiger partial charge in [0.1, 0.15) is 0 Å². The summed E-state index contributed by atoms with van der Waals surface area (Å²) in [7, 11) is -3.15. The lowest BCUT2D eigenvalue weighted by molar-refractivity contribution is 0.602. The third kappa shape index (κ3) is 2.58. The molecule has 0 N–H and O–H groups in total. The highest BCUT2D eigenvalue weighted by Crippen LogP contribution is 2.30. The summed E-state index contributed by atoms with van der Waals surface area (Å²) in [4.78, 5) is 0.277. The van der Waals surface area contributed by atoms with Crippen molar-refractivity contribution < 1.29 is 8.42 Å². The summed E-state index contributed by atoms with van der Waals surface area (Å²) in [6.45, 7) is 2.06. The molecular weight excluding hydrogens is 208 g/mol. The van der Waals surface area contributed by atoms with Gasteiger partial charge in [-0.2, -0.15) is 0 Å². The van der Waals surface area contributed by atoms with Crippen molar-refractivity contribution in [3.05, 3.63) is 22.1 Å². The molecule has 0 bridgehead atoms. The maximum absolute atomic E-state index is 11.2. The van der Waals surface area contributed by atoms with E-state index in [4.69, 9.17) is 11.6 Å². The summed E-state index contributed by atoms with van der Waals surface area (Å²) < 4.78 is 22.4. The predicted molar refractivity (Wildman–Crippen MR) is 55.3 cm³/mol. The maximum Gasteiger partial charge on any atom is 0.176 e. The fraction of sp³-hybridized carbons (Fsp3) is 0.556. The molecule has 2 nitrogen and oxygen atoms in total. The lowest BCUT2D eigenvalue weighted by Gasteiger charge is -2.16. The van der Waals surface area contributed by atoms with Crippen LogP contribution in [0.3, 0.4) is 0 Å². The molecule has 0 spiro atoms. The van der Waals surface area contributed by atoms with Gasteiger partial charge in [-0.05, 0) is 24.8 Å². The number of halogens is 1. The molecule has 0 saturated carbocycles. The summed E-state index contributed by atoms with van der Waals surface area (Å²) in [6.07, 6.45) is 6.36. The Morgan fingerprint density at radius 1 is 1.62 bits per heavy atom. The van der Waals surface area contributed by atoms with Crippen LogP contribution >= 0.6 is 11.6 Å². The van der Waals surface area contributed by atoms with Gasteiger partial charge < -0.3 is 0 Å². The largest absolute Gasteiger partial charge is 0.224 e. The summed E-state index contributed by atoms with van der Waals surface area (Å²) in [6, 6.07) is 0. The first-order chi connectivity index (χ1) is 5.95. The first-order valence-electron chi connectivity index (χ1n) is 4.22. The van der Waals surface area contributed by atoms with E-state index < -0.39 is 9.84 Å². The minimum atomic E-state index is -3.15. The van der Waals surface area contributed by atoms with Crippen molar-refractivity contribution in [3.63, 3.8) is 0 Å². The number of rotatable bonds is 2. The smallest absolute Gasteiger partial charge is 0.176 e. The second-order valence-corrected chi connectivity index (χ2v) is 5.71. The van der Waals surface area contributed by atoms with Crippen molar-refractivity contribution in [1.82, 2.24) is 0 Å². The monoisotopic (exact) mass is 220 g/mol. The third-order valence-electron chi connectivity index (χ3n) is 2.15. The zero-order valence-electron chi connectivity index (χ0n) is 7.75. The second kappa shape index (κ2) is 3.84. The molecule has 0 saturated heterocycles. The van der Waals surface area contributed by atoms with Gasteiger partial charge in [0, 0.05) is 11.3 Å². The maximum atomic E-state index is 11.2. The lowest BCUT2D eigenvalue weighted by Crippen LogP contribution is -2.08. The van der Waals surface area contributed by atoms with Gasteiger partial charge in [-0.15, -0.1) is 0 Å². The molecule has 0 amide bonds. The quantitative estimate of drug-likeness (QED) is 0.717. The summed E-state index contributed by atoms with van der Waals surface area (Å²) in [5.74, 6) is 0.387. The van der Waals surface area contributed by atoms with E-state index in [1.54, 1.807) is 6.08 Å². The number of hydrogen-bond acceptors (Lipinski definition) is 2. The van der Waals surface area contributed by atoms with Crippen LogP contribution in [0.5, 0.6) is 0 Å². The van der Waals surface area contributed by atoms with E-state index in [0.717, 1.165) is 6.42 Å². The van der Waals surface area contributed by atoms with Crippen molar-refractivity contribution >= 4 is 21.4 Å². The average Bonchev–Trinajstić information content (AvgIpc) is 2.01. The van der Waals surface area contributed by atoms with Crippen molar-refractivity contribution in [3.8, 4) is 0 Å². The molecule has 0 radical (unpaired) electrons. The number of allylic oxidation sites excluding steroid dienone is 3. The summed E-state index contributed by atoms with van der Waals surface area (Å²) in [5, 5.41) is 0.469. The molecule has 0 aromatic heterocycles. The Morgan fingerprint density at radius 2 is 2.23 bits per heavy atom. The molecule has 0 heterocycles. The van der Waals surface area contributed by atoms with E-state index in [1.807, 2.05) is 6.08 Å². The third-order valence-corrected chi connectivity index (χ3v) is 3.80. The second-order valence-electron chi connectivity index (χ2n) is 3.27. The topological polar surface area (TPSA) is 34.1 Å². The Hall–Kier alpha value is -0.280. The molecule has 74 valence electrons. The molecule has 1 aliphatic rings. The highest BCUT2D eigenvalue weighted by molar-refractivity contribution is 7.94. The minimum Gasteiger partial charge on any atom is -0.224 e. The molecule has 13 heavy (non-hydrogen) atoms. The lowest BCUT2D eigenvalue weighted by atomic mass is 9.98. The summed E-state index contributed by atoms with van der Waals surface area (Å²) >= 11 is 5.89. The fourth-order valence-electron chi connectivity index (χ4n) is 1.32. The van der Waals surface area contributed by atoms with Crippen LogP contribution in [0.2, 0.25) is 0 Å². The Balaban J connectivity index is 2.98. The van der Waals surface area contributed by atoms with Gasteiger partial charge in [-0.3, -0.25) is 0 Å². The molecule has 1 unspecified atom stereocenters. The molecule has 1 aliphatic carbocycles. The van der Waals surface area contributed by atoms with Crippen LogP contribution in [0.1, 0.15) is 19.8 Å². The first kappa shape index (κ1) is 10.8. The van der Waals surface area contributed by atoms with Crippen molar-refractivity contribution in [2.45, 2.75) is 19.8 Å². The Bertz CT molecular complexity index is 352. The normalized spacial score (nSPS) is 23.8. The van der Waals surface area contributed by atoms with Gasteiger partial charge in [-0.1, -0.05) is 24.6 Å². The van der Waals surface area contributed by atoms with Crippen molar-refractivity contribution in [2.24, 2.45) is 5.92 Å². The van der Waals surface area contributed by atoms with Crippen LogP contribution in [-0.2, 0) is 9.84 Å². The van der Waals surface area contributed by atoms with E-state index >= 15 is 0 Å². The number of sulfone groups is 1. The Labute approximate surface area is 84.2 Å². The van der Waals surface area contributed by atoms with Gasteiger partial charge in [0.25, 0.3) is 0 Å². The van der Waals surface area contributed by atoms with E-state index in [-0.39, 0.29) is 4.91 Å². The van der Waals surface area contributed by atoms with E-state index in [1.165, 1.54) is 6.26 Å². The molecule has 0 fully saturated rings.